The fourth-order valence-electron chi connectivity index (χ4n) is 2.71. The topological polar surface area (TPSA) is 70.8 Å². The van der Waals surface area contributed by atoms with E-state index in [4.69, 9.17) is 5.26 Å². The van der Waals surface area contributed by atoms with Crippen LogP contribution in [0.3, 0.4) is 0 Å². The minimum atomic E-state index is -3.43. The van der Waals surface area contributed by atoms with E-state index in [-0.39, 0.29) is 15.8 Å². The first-order valence-electron chi connectivity index (χ1n) is 6.73. The minimum absolute atomic E-state index is 0.0462. The number of rotatable bonds is 3. The first-order chi connectivity index (χ1) is 9.11. The van der Waals surface area contributed by atoms with E-state index in [1.807, 2.05) is 13.0 Å². The van der Waals surface area contributed by atoms with Crippen molar-refractivity contribution in [2.75, 3.05) is 0 Å². The lowest BCUT2D eigenvalue weighted by molar-refractivity contribution is 0.483. The van der Waals surface area contributed by atoms with Gasteiger partial charge >= 0.3 is 0 Å². The van der Waals surface area contributed by atoms with Gasteiger partial charge in [-0.05, 0) is 30.9 Å². The fraction of sp³-hybridized carbons (Fsp3) is 0.571. The third-order valence-corrected chi connectivity index (χ3v) is 6.12. The highest BCUT2D eigenvalue weighted by atomic mass is 32.2. The molecule has 0 saturated heterocycles. The highest BCUT2D eigenvalue weighted by molar-refractivity contribution is 7.92. The summed E-state index contributed by atoms with van der Waals surface area (Å²) in [5.41, 5.74) is 0.752. The Labute approximate surface area is 114 Å². The summed E-state index contributed by atoms with van der Waals surface area (Å²) in [5.74, 6) is 0. The molecule has 4 nitrogen and oxygen atoms in total. The van der Waals surface area contributed by atoms with Gasteiger partial charge < -0.3 is 0 Å². The summed E-state index contributed by atoms with van der Waals surface area (Å²) in [6.07, 6.45) is 6.51. The molecule has 5 heteroatoms. The maximum atomic E-state index is 12.8. The van der Waals surface area contributed by atoms with Gasteiger partial charge in [-0.25, -0.2) is 13.4 Å². The summed E-state index contributed by atoms with van der Waals surface area (Å²) in [7, 11) is -3.43. The zero-order chi connectivity index (χ0) is 13.9. The van der Waals surface area contributed by atoms with Crippen LogP contribution < -0.4 is 0 Å². The molecule has 2 rings (SSSR count). The Hall–Kier alpha value is -1.41. The third kappa shape index (κ3) is 2.64. The van der Waals surface area contributed by atoms with Gasteiger partial charge in [0.25, 0.3) is 0 Å². The second-order valence-electron chi connectivity index (χ2n) is 4.92. The van der Waals surface area contributed by atoms with Crippen molar-refractivity contribution in [1.29, 1.82) is 5.26 Å². The monoisotopic (exact) mass is 278 g/mol. The molecule has 102 valence electrons. The maximum absolute atomic E-state index is 12.8. The average molecular weight is 278 g/mol. The van der Waals surface area contributed by atoms with Crippen molar-refractivity contribution in [3.63, 3.8) is 0 Å². The summed E-state index contributed by atoms with van der Waals surface area (Å²) in [6.45, 7) is 1.90. The summed E-state index contributed by atoms with van der Waals surface area (Å²) in [4.78, 5) is 4.10. The third-order valence-electron chi connectivity index (χ3n) is 3.75. The highest BCUT2D eigenvalue weighted by Gasteiger charge is 2.33. The standard InChI is InChI=1S/C14H18N2O2S/c1-2-11-8-9-16-13(10-15)14(11)19(17,18)12-6-4-3-5-7-12/h8-9,12H,2-7H2,1H3. The molecule has 1 aromatic heterocycles. The second kappa shape index (κ2) is 5.70. The number of nitriles is 1. The summed E-state index contributed by atoms with van der Waals surface area (Å²) >= 11 is 0. The Morgan fingerprint density at radius 1 is 1.37 bits per heavy atom. The van der Waals surface area contributed by atoms with E-state index in [1.165, 1.54) is 6.20 Å². The van der Waals surface area contributed by atoms with Gasteiger partial charge in [0.2, 0.25) is 0 Å². The van der Waals surface area contributed by atoms with Crippen LogP contribution in [-0.4, -0.2) is 18.7 Å². The van der Waals surface area contributed by atoms with Gasteiger partial charge in [-0.3, -0.25) is 0 Å². The predicted octanol–water partition coefficient (Wildman–Crippen LogP) is 2.62. The maximum Gasteiger partial charge on any atom is 0.184 e. The van der Waals surface area contributed by atoms with Crippen molar-refractivity contribution in [3.8, 4) is 6.07 Å². The van der Waals surface area contributed by atoms with Gasteiger partial charge in [-0.2, -0.15) is 5.26 Å². The lowest BCUT2D eigenvalue weighted by atomic mass is 10.0. The molecule has 0 radical (unpaired) electrons. The highest BCUT2D eigenvalue weighted by Crippen LogP contribution is 2.31. The lowest BCUT2D eigenvalue weighted by Gasteiger charge is -2.23. The summed E-state index contributed by atoms with van der Waals surface area (Å²) in [6, 6.07) is 3.63. The van der Waals surface area contributed by atoms with Gasteiger partial charge in [0.05, 0.1) is 5.25 Å². The Kier molecular flexibility index (Phi) is 4.20. The van der Waals surface area contributed by atoms with Crippen LogP contribution in [0.15, 0.2) is 17.2 Å². The van der Waals surface area contributed by atoms with Crippen LogP contribution in [0, 0.1) is 11.3 Å². The number of aromatic nitrogens is 1. The molecule has 1 heterocycles. The van der Waals surface area contributed by atoms with E-state index in [2.05, 4.69) is 4.98 Å². The molecule has 1 aliphatic carbocycles. The van der Waals surface area contributed by atoms with Gasteiger partial charge in [0, 0.05) is 6.20 Å². The molecule has 0 atom stereocenters. The lowest BCUT2D eigenvalue weighted by Crippen LogP contribution is -2.26. The van der Waals surface area contributed by atoms with Crippen LogP contribution in [0.4, 0.5) is 0 Å². The number of aryl methyl sites for hydroxylation is 1. The molecule has 1 saturated carbocycles. The summed E-state index contributed by atoms with van der Waals surface area (Å²) < 4.78 is 25.5. The van der Waals surface area contributed by atoms with Crippen LogP contribution >= 0.6 is 0 Å². The molecule has 0 amide bonds. The van der Waals surface area contributed by atoms with E-state index in [0.717, 1.165) is 19.3 Å². The van der Waals surface area contributed by atoms with Gasteiger partial charge in [-0.15, -0.1) is 0 Å². The summed E-state index contributed by atoms with van der Waals surface area (Å²) in [5, 5.41) is 8.78. The normalized spacial score (nSPS) is 17.1. The zero-order valence-corrected chi connectivity index (χ0v) is 11.9. The fourth-order valence-corrected chi connectivity index (χ4v) is 4.94. The van der Waals surface area contributed by atoms with E-state index in [0.29, 0.717) is 24.8 Å². The molecule has 0 spiro atoms. The second-order valence-corrected chi connectivity index (χ2v) is 7.08. The quantitative estimate of drug-likeness (QED) is 0.852. The average Bonchev–Trinajstić information content (AvgIpc) is 2.47. The molecule has 0 bridgehead atoms. The van der Waals surface area contributed by atoms with E-state index in [1.54, 1.807) is 6.07 Å². The molecule has 1 aromatic rings. The Bertz CT molecular complexity index is 596. The molecule has 1 fully saturated rings. The first-order valence-corrected chi connectivity index (χ1v) is 8.27. The van der Waals surface area contributed by atoms with Crippen LogP contribution in [0.25, 0.3) is 0 Å². The molecule has 0 N–H and O–H groups in total. The van der Waals surface area contributed by atoms with Crippen molar-refractivity contribution >= 4 is 9.84 Å². The van der Waals surface area contributed by atoms with Gasteiger partial charge in [0.1, 0.15) is 11.0 Å². The van der Waals surface area contributed by atoms with Crippen molar-refractivity contribution in [2.24, 2.45) is 0 Å². The number of hydrogen-bond donors (Lipinski definition) is 0. The molecule has 0 aliphatic heterocycles. The Balaban J connectivity index is 2.53. The number of pyridine rings is 1. The molecular formula is C14H18N2O2S. The Morgan fingerprint density at radius 3 is 2.63 bits per heavy atom. The van der Waals surface area contributed by atoms with E-state index < -0.39 is 9.84 Å². The molecule has 19 heavy (non-hydrogen) atoms. The Morgan fingerprint density at radius 2 is 2.05 bits per heavy atom. The van der Waals surface area contributed by atoms with Crippen molar-refractivity contribution in [1.82, 2.24) is 4.98 Å². The first kappa shape index (κ1) is 14.0. The van der Waals surface area contributed by atoms with Crippen LogP contribution in [-0.2, 0) is 16.3 Å². The largest absolute Gasteiger partial charge is 0.244 e. The van der Waals surface area contributed by atoms with Gasteiger partial charge in [-0.1, -0.05) is 26.2 Å². The van der Waals surface area contributed by atoms with E-state index in [9.17, 15) is 8.42 Å². The molecule has 1 aliphatic rings. The van der Waals surface area contributed by atoms with Crippen LogP contribution in [0.5, 0.6) is 0 Å². The zero-order valence-electron chi connectivity index (χ0n) is 11.1. The van der Waals surface area contributed by atoms with Crippen molar-refractivity contribution < 1.29 is 8.42 Å². The number of hydrogen-bond acceptors (Lipinski definition) is 4. The number of sulfone groups is 1. The van der Waals surface area contributed by atoms with Gasteiger partial charge in [0.15, 0.2) is 15.5 Å². The van der Waals surface area contributed by atoms with Crippen molar-refractivity contribution in [2.45, 2.75) is 55.6 Å². The smallest absolute Gasteiger partial charge is 0.184 e. The molecular weight excluding hydrogens is 260 g/mol. The van der Waals surface area contributed by atoms with E-state index >= 15 is 0 Å². The molecule has 0 unspecified atom stereocenters. The van der Waals surface area contributed by atoms with Crippen LogP contribution in [0.1, 0.15) is 50.3 Å². The number of nitrogens with zero attached hydrogens (tertiary/aromatic N) is 2. The van der Waals surface area contributed by atoms with Crippen molar-refractivity contribution in [3.05, 3.63) is 23.5 Å². The van der Waals surface area contributed by atoms with Crippen LogP contribution in [0.2, 0.25) is 0 Å². The minimum Gasteiger partial charge on any atom is -0.244 e. The molecule has 0 aromatic carbocycles. The predicted molar refractivity (Wildman–Crippen MR) is 72.4 cm³/mol. The SMILES string of the molecule is CCc1ccnc(C#N)c1S(=O)(=O)C1CCCCC1.